The molecule has 0 amide bonds. The molecule has 138 valence electrons. The van der Waals surface area contributed by atoms with Crippen molar-refractivity contribution in [3.63, 3.8) is 0 Å². The van der Waals surface area contributed by atoms with Gasteiger partial charge < -0.3 is 19.7 Å². The summed E-state index contributed by atoms with van der Waals surface area (Å²) in [6, 6.07) is 28.7. The van der Waals surface area contributed by atoms with Gasteiger partial charge in [0.2, 0.25) is 0 Å². The Balaban J connectivity index is 1.80. The molecule has 0 heterocycles. The Morgan fingerprint density at radius 2 is 1.14 bits per heavy atom. The maximum atomic E-state index is 9.77. The van der Waals surface area contributed by atoms with Crippen molar-refractivity contribution in [2.45, 2.75) is 0 Å². The fourth-order valence-electron chi connectivity index (χ4n) is 2.89. The normalized spacial score (nSPS) is 10.4. The first-order valence-electron chi connectivity index (χ1n) is 8.81. The quantitative estimate of drug-likeness (QED) is 0.430. The minimum atomic E-state index is 0.116. The number of rotatable bonds is 5. The molecule has 0 radical (unpaired) electrons. The molecule has 28 heavy (non-hydrogen) atoms. The highest BCUT2D eigenvalue weighted by Gasteiger charge is 2.15. The van der Waals surface area contributed by atoms with E-state index in [4.69, 9.17) is 9.47 Å². The highest BCUT2D eigenvalue weighted by atomic mass is 16.5. The van der Waals surface area contributed by atoms with Gasteiger partial charge in [-0.2, -0.15) is 0 Å². The number of phenols is 2. The summed E-state index contributed by atoms with van der Waals surface area (Å²) in [7, 11) is 0. The second-order valence-corrected chi connectivity index (χ2v) is 6.20. The third-order valence-corrected chi connectivity index (χ3v) is 4.15. The first-order valence-corrected chi connectivity index (χ1v) is 8.81. The van der Waals surface area contributed by atoms with Crippen LogP contribution in [0.25, 0.3) is 11.1 Å². The topological polar surface area (TPSA) is 58.9 Å². The minimum Gasteiger partial charge on any atom is -0.508 e. The summed E-state index contributed by atoms with van der Waals surface area (Å²) in [5, 5.41) is 19.5. The van der Waals surface area contributed by atoms with Crippen LogP contribution in [0.1, 0.15) is 0 Å². The second kappa shape index (κ2) is 7.76. The molecule has 0 fully saturated rings. The summed E-state index contributed by atoms with van der Waals surface area (Å²) in [6.45, 7) is 0. The van der Waals surface area contributed by atoms with Gasteiger partial charge in [0.25, 0.3) is 0 Å². The van der Waals surface area contributed by atoms with Crippen LogP contribution >= 0.6 is 0 Å². The van der Waals surface area contributed by atoms with Crippen LogP contribution in [0.2, 0.25) is 0 Å². The molecule has 4 aromatic carbocycles. The van der Waals surface area contributed by atoms with Gasteiger partial charge in [0.05, 0.1) is 0 Å². The largest absolute Gasteiger partial charge is 0.508 e. The Hall–Kier alpha value is -3.92. The van der Waals surface area contributed by atoms with E-state index < -0.39 is 0 Å². The Morgan fingerprint density at radius 1 is 0.536 bits per heavy atom. The lowest BCUT2D eigenvalue weighted by atomic mass is 10.0. The van der Waals surface area contributed by atoms with Gasteiger partial charge in [0.1, 0.15) is 23.0 Å². The molecule has 4 nitrogen and oxygen atoms in total. The third kappa shape index (κ3) is 3.91. The van der Waals surface area contributed by atoms with Crippen molar-refractivity contribution in [1.29, 1.82) is 0 Å². The number of phenolic OH excluding ortho intramolecular Hbond substituents is 2. The van der Waals surface area contributed by atoms with Crippen molar-refractivity contribution in [2.75, 3.05) is 0 Å². The van der Waals surface area contributed by atoms with Crippen LogP contribution < -0.4 is 9.47 Å². The molecule has 0 saturated heterocycles. The summed E-state index contributed by atoms with van der Waals surface area (Å²) < 4.78 is 12.1. The predicted molar refractivity (Wildman–Crippen MR) is 108 cm³/mol. The van der Waals surface area contributed by atoms with Crippen molar-refractivity contribution in [1.82, 2.24) is 0 Å². The summed E-state index contributed by atoms with van der Waals surface area (Å²) in [4.78, 5) is 0. The van der Waals surface area contributed by atoms with E-state index in [1.165, 1.54) is 6.07 Å². The van der Waals surface area contributed by atoms with Crippen LogP contribution in [0.4, 0.5) is 0 Å². The van der Waals surface area contributed by atoms with Gasteiger partial charge in [-0.25, -0.2) is 0 Å². The molecule has 4 aromatic rings. The molecule has 0 saturated carbocycles. The Labute approximate surface area is 162 Å². The smallest absolute Gasteiger partial charge is 0.177 e. The molecule has 0 bridgehead atoms. The maximum absolute atomic E-state index is 9.77. The average molecular weight is 370 g/mol. The van der Waals surface area contributed by atoms with E-state index >= 15 is 0 Å². The SMILES string of the molecule is Oc1cccc(Oc2cccc(-c3ccccc3)c2Oc2cccc(O)c2)c1. The van der Waals surface area contributed by atoms with Gasteiger partial charge in [-0.1, -0.05) is 54.6 Å². The van der Waals surface area contributed by atoms with E-state index in [1.54, 1.807) is 48.5 Å². The second-order valence-electron chi connectivity index (χ2n) is 6.20. The number of aromatic hydroxyl groups is 2. The van der Waals surface area contributed by atoms with Crippen LogP contribution in [0.5, 0.6) is 34.5 Å². The first kappa shape index (κ1) is 17.5. The summed E-state index contributed by atoms with van der Waals surface area (Å²) in [5.41, 5.74) is 1.82. The van der Waals surface area contributed by atoms with Crippen LogP contribution in [0.15, 0.2) is 97.1 Å². The number of para-hydroxylation sites is 1. The number of benzene rings is 4. The molecular formula is C24H18O4. The maximum Gasteiger partial charge on any atom is 0.177 e. The molecule has 4 heteroatoms. The molecule has 0 spiro atoms. The van der Waals surface area contributed by atoms with E-state index in [2.05, 4.69) is 0 Å². The zero-order chi connectivity index (χ0) is 19.3. The van der Waals surface area contributed by atoms with Crippen LogP contribution in [-0.2, 0) is 0 Å². The van der Waals surface area contributed by atoms with Gasteiger partial charge in [0, 0.05) is 17.7 Å². The standard InChI is InChI=1S/C24H18O4/c25-18-9-4-11-20(15-18)27-23-14-6-13-22(17-7-2-1-3-8-17)24(23)28-21-12-5-10-19(26)16-21/h1-16,25-26H. The monoisotopic (exact) mass is 370 g/mol. The molecule has 0 atom stereocenters. The number of hydrogen-bond acceptors (Lipinski definition) is 4. The third-order valence-electron chi connectivity index (χ3n) is 4.15. The van der Waals surface area contributed by atoms with E-state index in [0.29, 0.717) is 23.0 Å². The average Bonchev–Trinajstić information content (AvgIpc) is 2.70. The Kier molecular flexibility index (Phi) is 4.85. The van der Waals surface area contributed by atoms with Crippen molar-refractivity contribution in [2.24, 2.45) is 0 Å². The lowest BCUT2D eigenvalue weighted by molar-refractivity contribution is 0.412. The van der Waals surface area contributed by atoms with E-state index in [0.717, 1.165) is 11.1 Å². The van der Waals surface area contributed by atoms with Crippen molar-refractivity contribution >= 4 is 0 Å². The van der Waals surface area contributed by atoms with E-state index in [9.17, 15) is 10.2 Å². The van der Waals surface area contributed by atoms with Crippen molar-refractivity contribution in [3.05, 3.63) is 97.1 Å². The zero-order valence-electron chi connectivity index (χ0n) is 14.9. The van der Waals surface area contributed by atoms with Crippen molar-refractivity contribution < 1.29 is 19.7 Å². The van der Waals surface area contributed by atoms with Gasteiger partial charge in [-0.15, -0.1) is 0 Å². The van der Waals surface area contributed by atoms with Gasteiger partial charge in [-0.05, 0) is 35.9 Å². The van der Waals surface area contributed by atoms with E-state index in [1.807, 2.05) is 42.5 Å². The van der Waals surface area contributed by atoms with Gasteiger partial charge in [-0.3, -0.25) is 0 Å². The summed E-state index contributed by atoms with van der Waals surface area (Å²) >= 11 is 0. The molecule has 0 aliphatic heterocycles. The van der Waals surface area contributed by atoms with Gasteiger partial charge in [0.15, 0.2) is 11.5 Å². The van der Waals surface area contributed by atoms with Gasteiger partial charge >= 0.3 is 0 Å². The number of hydrogen-bond donors (Lipinski definition) is 2. The summed E-state index contributed by atoms with van der Waals surface area (Å²) in [5.74, 6) is 2.23. The Morgan fingerprint density at radius 3 is 1.79 bits per heavy atom. The molecule has 0 unspecified atom stereocenters. The molecular weight excluding hydrogens is 352 g/mol. The fraction of sp³-hybridized carbons (Fsp3) is 0. The van der Waals surface area contributed by atoms with E-state index in [-0.39, 0.29) is 11.5 Å². The Bertz CT molecular complexity index is 1090. The van der Waals surface area contributed by atoms with Crippen LogP contribution in [0.3, 0.4) is 0 Å². The molecule has 0 aliphatic carbocycles. The predicted octanol–water partition coefficient (Wildman–Crippen LogP) is 6.35. The highest BCUT2D eigenvalue weighted by Crippen LogP contribution is 2.43. The highest BCUT2D eigenvalue weighted by molar-refractivity contribution is 5.74. The lowest BCUT2D eigenvalue weighted by Gasteiger charge is -2.16. The first-order chi connectivity index (χ1) is 13.7. The lowest BCUT2D eigenvalue weighted by Crippen LogP contribution is -1.93. The molecule has 0 aliphatic rings. The molecule has 2 N–H and O–H groups in total. The fourth-order valence-corrected chi connectivity index (χ4v) is 2.89. The van der Waals surface area contributed by atoms with Crippen LogP contribution in [-0.4, -0.2) is 10.2 Å². The molecule has 4 rings (SSSR count). The number of ether oxygens (including phenoxy) is 2. The minimum absolute atomic E-state index is 0.116. The summed E-state index contributed by atoms with van der Waals surface area (Å²) in [6.07, 6.45) is 0. The van der Waals surface area contributed by atoms with Crippen LogP contribution in [0, 0.1) is 0 Å². The zero-order valence-corrected chi connectivity index (χ0v) is 14.9. The molecule has 0 aromatic heterocycles. The van der Waals surface area contributed by atoms with Crippen molar-refractivity contribution in [3.8, 4) is 45.6 Å².